The first-order valence-electron chi connectivity index (χ1n) is 6.56. The molecule has 0 amide bonds. The summed E-state index contributed by atoms with van der Waals surface area (Å²) in [5.41, 5.74) is 0.769. The molecule has 0 aliphatic rings. The van der Waals surface area contributed by atoms with Gasteiger partial charge < -0.3 is 0 Å². The van der Waals surface area contributed by atoms with Crippen LogP contribution in [0.4, 0.5) is 0 Å². The van der Waals surface area contributed by atoms with Gasteiger partial charge >= 0.3 is 11.1 Å². The Bertz CT molecular complexity index is 405. The summed E-state index contributed by atoms with van der Waals surface area (Å²) in [4.78, 5) is 26.1. The maximum Gasteiger partial charge on any atom is 0.311 e. The SMILES string of the molecule is CCCCCCC(C(=O)O[N+](=O)[O-])c1ccccc1. The third-order valence-electron chi connectivity index (χ3n) is 3.00. The number of hydrogen-bond acceptors (Lipinski definition) is 4. The summed E-state index contributed by atoms with van der Waals surface area (Å²) in [7, 11) is 0. The van der Waals surface area contributed by atoms with Crippen LogP contribution in [0.5, 0.6) is 0 Å². The molecule has 1 atom stereocenters. The average molecular weight is 265 g/mol. The molecule has 0 saturated heterocycles. The molecule has 0 saturated carbocycles. The van der Waals surface area contributed by atoms with E-state index in [1.165, 1.54) is 0 Å². The van der Waals surface area contributed by atoms with E-state index in [2.05, 4.69) is 11.8 Å². The van der Waals surface area contributed by atoms with Crippen LogP contribution in [0.2, 0.25) is 0 Å². The van der Waals surface area contributed by atoms with Crippen molar-refractivity contribution in [2.24, 2.45) is 0 Å². The lowest BCUT2D eigenvalue weighted by atomic mass is 9.93. The molecule has 1 aromatic carbocycles. The molecule has 0 bridgehead atoms. The Morgan fingerprint density at radius 2 is 1.95 bits per heavy atom. The molecule has 0 aromatic heterocycles. The van der Waals surface area contributed by atoms with E-state index in [4.69, 9.17) is 0 Å². The van der Waals surface area contributed by atoms with Crippen molar-refractivity contribution in [3.8, 4) is 0 Å². The number of benzene rings is 1. The molecule has 5 nitrogen and oxygen atoms in total. The second-order valence-electron chi connectivity index (χ2n) is 4.45. The van der Waals surface area contributed by atoms with Gasteiger partial charge in [-0.05, 0) is 12.0 Å². The third kappa shape index (κ3) is 5.50. The zero-order valence-corrected chi connectivity index (χ0v) is 11.1. The number of rotatable bonds is 8. The fraction of sp³-hybridized carbons (Fsp3) is 0.500. The van der Waals surface area contributed by atoms with Crippen molar-refractivity contribution >= 4 is 5.97 Å². The van der Waals surface area contributed by atoms with E-state index < -0.39 is 17.0 Å². The molecule has 1 unspecified atom stereocenters. The predicted octanol–water partition coefficient (Wildman–Crippen LogP) is 3.48. The maximum absolute atomic E-state index is 11.8. The van der Waals surface area contributed by atoms with Gasteiger partial charge in [0, 0.05) is 0 Å². The summed E-state index contributed by atoms with van der Waals surface area (Å²) in [6.45, 7) is 2.11. The smallest absolute Gasteiger partial charge is 0.268 e. The molecule has 5 heteroatoms. The van der Waals surface area contributed by atoms with E-state index in [0.29, 0.717) is 6.42 Å². The van der Waals surface area contributed by atoms with Crippen LogP contribution in [0.25, 0.3) is 0 Å². The minimum Gasteiger partial charge on any atom is -0.268 e. The van der Waals surface area contributed by atoms with Gasteiger partial charge in [-0.3, -0.25) is 4.79 Å². The van der Waals surface area contributed by atoms with Crippen LogP contribution in [0.3, 0.4) is 0 Å². The molecule has 0 spiro atoms. The lowest BCUT2D eigenvalue weighted by Crippen LogP contribution is -2.19. The molecule has 0 aliphatic heterocycles. The summed E-state index contributed by atoms with van der Waals surface area (Å²) in [6.07, 6.45) is 4.67. The van der Waals surface area contributed by atoms with Gasteiger partial charge in [0.25, 0.3) is 0 Å². The number of nitrogens with zero attached hydrogens (tertiary/aromatic N) is 1. The number of carbonyl (C=O) groups is 1. The number of carbonyl (C=O) groups excluding carboxylic acids is 1. The van der Waals surface area contributed by atoms with Crippen LogP contribution in [0.15, 0.2) is 30.3 Å². The molecule has 1 rings (SSSR count). The first-order valence-corrected chi connectivity index (χ1v) is 6.56. The summed E-state index contributed by atoms with van der Waals surface area (Å²) in [5, 5.41) is 9.25. The van der Waals surface area contributed by atoms with Crippen molar-refractivity contribution in [1.82, 2.24) is 0 Å². The van der Waals surface area contributed by atoms with Gasteiger partial charge in [0.15, 0.2) is 0 Å². The monoisotopic (exact) mass is 265 g/mol. The zero-order valence-electron chi connectivity index (χ0n) is 11.1. The fourth-order valence-electron chi connectivity index (χ4n) is 2.02. The Labute approximate surface area is 112 Å². The maximum atomic E-state index is 11.8. The second-order valence-corrected chi connectivity index (χ2v) is 4.45. The lowest BCUT2D eigenvalue weighted by Gasteiger charge is -2.14. The molecule has 19 heavy (non-hydrogen) atoms. The third-order valence-corrected chi connectivity index (χ3v) is 3.00. The molecule has 104 valence electrons. The first-order chi connectivity index (χ1) is 9.15. The summed E-state index contributed by atoms with van der Waals surface area (Å²) in [5.74, 6) is -1.34. The number of unbranched alkanes of at least 4 members (excludes halogenated alkanes) is 3. The Kier molecular flexibility index (Phi) is 6.57. The predicted molar refractivity (Wildman–Crippen MR) is 71.0 cm³/mol. The molecular formula is C14H19NO4. The van der Waals surface area contributed by atoms with Crippen LogP contribution >= 0.6 is 0 Å². The molecule has 0 heterocycles. The highest BCUT2D eigenvalue weighted by Crippen LogP contribution is 2.24. The van der Waals surface area contributed by atoms with E-state index in [0.717, 1.165) is 31.2 Å². The van der Waals surface area contributed by atoms with E-state index in [1.807, 2.05) is 18.2 Å². The van der Waals surface area contributed by atoms with Crippen LogP contribution in [0, 0.1) is 10.1 Å². The van der Waals surface area contributed by atoms with Gasteiger partial charge in [-0.2, -0.15) is 0 Å². The van der Waals surface area contributed by atoms with Crippen LogP contribution in [-0.2, 0) is 9.63 Å². The lowest BCUT2D eigenvalue weighted by molar-refractivity contribution is -0.730. The minimum absolute atomic E-state index is 0.552. The molecular weight excluding hydrogens is 246 g/mol. The normalized spacial score (nSPS) is 11.8. The van der Waals surface area contributed by atoms with Crippen molar-refractivity contribution in [2.45, 2.75) is 44.9 Å². The Morgan fingerprint density at radius 3 is 2.53 bits per heavy atom. The number of hydrogen-bond donors (Lipinski definition) is 0. The summed E-state index contributed by atoms with van der Waals surface area (Å²) >= 11 is 0. The second kappa shape index (κ2) is 8.24. The standard InChI is InChI=1S/C14H19NO4/c1-2-3-4-8-11-13(14(16)19-15(17)18)12-9-6-5-7-10-12/h5-7,9-10,13H,2-4,8,11H2,1H3. The van der Waals surface area contributed by atoms with E-state index in [-0.39, 0.29) is 0 Å². The Morgan fingerprint density at radius 1 is 1.26 bits per heavy atom. The summed E-state index contributed by atoms with van der Waals surface area (Å²) < 4.78 is 0. The van der Waals surface area contributed by atoms with Crippen molar-refractivity contribution in [2.75, 3.05) is 0 Å². The largest absolute Gasteiger partial charge is 0.311 e. The Balaban J connectivity index is 2.68. The van der Waals surface area contributed by atoms with Gasteiger partial charge in [0.1, 0.15) is 0 Å². The topological polar surface area (TPSA) is 69.4 Å². The van der Waals surface area contributed by atoms with Crippen molar-refractivity contribution in [1.29, 1.82) is 0 Å². The summed E-state index contributed by atoms with van der Waals surface area (Å²) in [6, 6.07) is 9.06. The molecule has 0 fully saturated rings. The molecule has 1 aromatic rings. The molecule has 0 radical (unpaired) electrons. The molecule has 0 aliphatic carbocycles. The van der Waals surface area contributed by atoms with E-state index in [1.54, 1.807) is 12.1 Å². The highest BCUT2D eigenvalue weighted by Gasteiger charge is 2.23. The molecule has 0 N–H and O–H groups in total. The highest BCUT2D eigenvalue weighted by atomic mass is 17.0. The van der Waals surface area contributed by atoms with Gasteiger partial charge in [-0.25, -0.2) is 4.84 Å². The van der Waals surface area contributed by atoms with Crippen molar-refractivity contribution in [3.05, 3.63) is 46.0 Å². The van der Waals surface area contributed by atoms with Gasteiger partial charge in [-0.15, -0.1) is 10.1 Å². The van der Waals surface area contributed by atoms with Crippen molar-refractivity contribution in [3.63, 3.8) is 0 Å². The van der Waals surface area contributed by atoms with Crippen molar-refractivity contribution < 1.29 is 14.7 Å². The zero-order chi connectivity index (χ0) is 14.1. The van der Waals surface area contributed by atoms with Crippen LogP contribution in [-0.4, -0.2) is 11.1 Å². The van der Waals surface area contributed by atoms with E-state index >= 15 is 0 Å². The average Bonchev–Trinajstić information content (AvgIpc) is 2.39. The fourth-order valence-corrected chi connectivity index (χ4v) is 2.02. The van der Waals surface area contributed by atoms with Crippen LogP contribution < -0.4 is 0 Å². The first kappa shape index (κ1) is 15.1. The van der Waals surface area contributed by atoms with Crippen LogP contribution in [0.1, 0.15) is 50.5 Å². The Hall–Kier alpha value is -1.91. The van der Waals surface area contributed by atoms with Gasteiger partial charge in [-0.1, -0.05) is 62.9 Å². The van der Waals surface area contributed by atoms with Gasteiger partial charge in [0.05, 0.1) is 5.92 Å². The quantitative estimate of drug-likeness (QED) is 0.410. The minimum atomic E-state index is -1.04. The van der Waals surface area contributed by atoms with E-state index in [9.17, 15) is 14.9 Å². The highest BCUT2D eigenvalue weighted by molar-refractivity contribution is 5.77. The van der Waals surface area contributed by atoms with Gasteiger partial charge in [0.2, 0.25) is 0 Å².